The summed E-state index contributed by atoms with van der Waals surface area (Å²) >= 11 is 0. The molecule has 1 aromatic heterocycles. The molecule has 1 spiro atoms. The molecule has 7 nitrogen and oxygen atoms in total. The third kappa shape index (κ3) is 3.51. The van der Waals surface area contributed by atoms with E-state index in [1.165, 1.54) is 0 Å². The number of likely N-dealkylation sites (tertiary alicyclic amines) is 1. The molecule has 3 atom stereocenters. The van der Waals surface area contributed by atoms with E-state index in [-0.39, 0.29) is 23.1 Å². The third-order valence-electron chi connectivity index (χ3n) is 9.11. The van der Waals surface area contributed by atoms with Crippen molar-refractivity contribution in [1.29, 1.82) is 0 Å². The Labute approximate surface area is 209 Å². The second-order valence-corrected chi connectivity index (χ2v) is 11.8. The lowest BCUT2D eigenvalue weighted by Crippen LogP contribution is -2.45. The van der Waals surface area contributed by atoms with Gasteiger partial charge in [0.1, 0.15) is 17.5 Å². The van der Waals surface area contributed by atoms with Crippen LogP contribution in [-0.2, 0) is 9.59 Å². The summed E-state index contributed by atoms with van der Waals surface area (Å²) in [5.74, 6) is 0.759. The Morgan fingerprint density at radius 3 is 2.81 bits per heavy atom. The molecule has 3 heterocycles. The summed E-state index contributed by atoms with van der Waals surface area (Å²) in [5.41, 5.74) is 2.18. The minimum absolute atomic E-state index is 0.0452. The van der Waals surface area contributed by atoms with Gasteiger partial charge in [-0.2, -0.15) is 5.10 Å². The predicted octanol–water partition coefficient (Wildman–Crippen LogP) is 4.12. The van der Waals surface area contributed by atoms with Gasteiger partial charge in [0.05, 0.1) is 17.6 Å². The standard InChI is InChI=1S/C28H32FN5O2/c1-27(7-8-27)25(35)33-11-6-17(15-33)16-34-24(31-28(9-10-28)26(34)36)21-4-2-19(13-22(21)29)18-3-5-23-20(12-18)14-30-32-23/h3,5,12-14,17,21-22H,2,4,6-11,15-16H2,1H3,(H,30,32)/t17-,21?,22?/m1/s1. The Balaban J connectivity index is 1.09. The molecule has 2 aromatic rings. The number of amidine groups is 1. The smallest absolute Gasteiger partial charge is 0.255 e. The van der Waals surface area contributed by atoms with Crippen molar-refractivity contribution in [3.63, 3.8) is 0 Å². The van der Waals surface area contributed by atoms with E-state index in [0.717, 1.165) is 67.1 Å². The number of nitrogens with zero attached hydrogens (tertiary/aromatic N) is 4. The molecule has 7 rings (SSSR count). The summed E-state index contributed by atoms with van der Waals surface area (Å²) in [6, 6.07) is 6.04. The van der Waals surface area contributed by atoms with Crippen molar-refractivity contribution in [3.8, 4) is 0 Å². The van der Waals surface area contributed by atoms with E-state index in [0.29, 0.717) is 25.3 Å². The lowest BCUT2D eigenvalue weighted by molar-refractivity contribution is -0.135. The largest absolute Gasteiger partial charge is 0.342 e. The molecule has 2 saturated carbocycles. The van der Waals surface area contributed by atoms with Crippen LogP contribution in [0.4, 0.5) is 4.39 Å². The van der Waals surface area contributed by atoms with Crippen LogP contribution >= 0.6 is 0 Å². The normalized spacial score (nSPS) is 30.2. The lowest BCUT2D eigenvalue weighted by Gasteiger charge is -2.31. The zero-order valence-corrected chi connectivity index (χ0v) is 20.7. The molecule has 1 N–H and O–H groups in total. The number of fused-ring (bicyclic) bond motifs is 1. The van der Waals surface area contributed by atoms with Crippen LogP contribution < -0.4 is 0 Å². The van der Waals surface area contributed by atoms with Crippen molar-refractivity contribution in [2.75, 3.05) is 19.6 Å². The summed E-state index contributed by atoms with van der Waals surface area (Å²) in [4.78, 5) is 34.9. The molecule has 0 bridgehead atoms. The molecule has 1 saturated heterocycles. The number of H-pyrrole nitrogens is 1. The number of aromatic nitrogens is 2. The quantitative estimate of drug-likeness (QED) is 0.686. The number of allylic oxidation sites excluding steroid dienone is 2. The van der Waals surface area contributed by atoms with Crippen molar-refractivity contribution in [2.24, 2.45) is 22.2 Å². The van der Waals surface area contributed by atoms with Gasteiger partial charge in [-0.1, -0.05) is 13.0 Å². The zero-order valence-electron chi connectivity index (χ0n) is 20.7. The first-order chi connectivity index (χ1) is 17.4. The summed E-state index contributed by atoms with van der Waals surface area (Å²) < 4.78 is 15.7. The maximum Gasteiger partial charge on any atom is 0.255 e. The van der Waals surface area contributed by atoms with E-state index in [1.807, 2.05) is 24.0 Å². The number of hydrogen-bond donors (Lipinski definition) is 1. The number of benzene rings is 1. The molecule has 188 valence electrons. The Hall–Kier alpha value is -3.03. The van der Waals surface area contributed by atoms with Crippen LogP contribution in [0.5, 0.6) is 0 Å². The summed E-state index contributed by atoms with van der Waals surface area (Å²) in [7, 11) is 0. The Kier molecular flexibility index (Phi) is 4.77. The van der Waals surface area contributed by atoms with Crippen LogP contribution in [0.3, 0.4) is 0 Å². The van der Waals surface area contributed by atoms with E-state index in [9.17, 15) is 9.59 Å². The highest BCUT2D eigenvalue weighted by Gasteiger charge is 2.59. The molecule has 2 unspecified atom stereocenters. The number of rotatable bonds is 5. The fourth-order valence-electron chi connectivity index (χ4n) is 6.31. The number of carbonyl (C=O) groups is 2. The molecule has 8 heteroatoms. The van der Waals surface area contributed by atoms with Crippen LogP contribution in [0.2, 0.25) is 0 Å². The minimum Gasteiger partial charge on any atom is -0.342 e. The topological polar surface area (TPSA) is 81.7 Å². The first-order valence-electron chi connectivity index (χ1n) is 13.3. The van der Waals surface area contributed by atoms with Crippen molar-refractivity contribution < 1.29 is 14.0 Å². The minimum atomic E-state index is -1.19. The maximum atomic E-state index is 15.7. The summed E-state index contributed by atoms with van der Waals surface area (Å²) in [6.07, 6.45) is 8.05. The second-order valence-electron chi connectivity index (χ2n) is 11.8. The second kappa shape index (κ2) is 7.73. The van der Waals surface area contributed by atoms with Gasteiger partial charge in [0.2, 0.25) is 5.91 Å². The van der Waals surface area contributed by atoms with E-state index >= 15 is 4.39 Å². The molecule has 3 fully saturated rings. The Morgan fingerprint density at radius 1 is 1.22 bits per heavy atom. The van der Waals surface area contributed by atoms with E-state index in [4.69, 9.17) is 4.99 Å². The fraction of sp³-hybridized carbons (Fsp3) is 0.571. The maximum absolute atomic E-state index is 15.7. The van der Waals surface area contributed by atoms with Gasteiger partial charge < -0.3 is 4.90 Å². The van der Waals surface area contributed by atoms with Gasteiger partial charge in [0.25, 0.3) is 5.91 Å². The van der Waals surface area contributed by atoms with Gasteiger partial charge in [-0.25, -0.2) is 4.39 Å². The SMILES string of the molecule is CC1(C(=O)N2CC[C@@H](CN3C(=O)C4(CC4)N=C3C3CCC(c4ccc5[nH]ncc5c4)=CC3F)C2)CC1. The number of nitrogens with one attached hydrogen (secondary N) is 1. The number of aromatic amines is 1. The molecular weight excluding hydrogens is 457 g/mol. The van der Waals surface area contributed by atoms with Gasteiger partial charge in [-0.15, -0.1) is 0 Å². The van der Waals surface area contributed by atoms with Gasteiger partial charge in [0, 0.05) is 30.4 Å². The lowest BCUT2D eigenvalue weighted by atomic mass is 9.84. The van der Waals surface area contributed by atoms with E-state index < -0.39 is 17.6 Å². The highest BCUT2D eigenvalue weighted by atomic mass is 19.1. The van der Waals surface area contributed by atoms with Gasteiger partial charge in [0.15, 0.2) is 0 Å². The third-order valence-corrected chi connectivity index (χ3v) is 9.11. The predicted molar refractivity (Wildman–Crippen MR) is 135 cm³/mol. The highest BCUT2D eigenvalue weighted by Crippen LogP contribution is 2.49. The molecule has 0 radical (unpaired) electrons. The molecule has 2 aliphatic heterocycles. The van der Waals surface area contributed by atoms with Crippen LogP contribution in [-0.4, -0.2) is 69.0 Å². The number of alkyl halides is 1. The summed E-state index contributed by atoms with van der Waals surface area (Å²) in [6.45, 7) is 4.02. The first-order valence-corrected chi connectivity index (χ1v) is 13.3. The molecular formula is C28H32FN5O2. The Morgan fingerprint density at radius 2 is 2.06 bits per heavy atom. The molecule has 5 aliphatic rings. The number of amides is 2. The summed E-state index contributed by atoms with van der Waals surface area (Å²) in [5, 5.41) is 8.05. The average Bonchev–Trinajstić information content (AvgIpc) is 3.66. The van der Waals surface area contributed by atoms with Crippen LogP contribution in [0, 0.1) is 17.3 Å². The van der Waals surface area contributed by atoms with Crippen molar-refractivity contribution in [2.45, 2.75) is 63.6 Å². The highest BCUT2D eigenvalue weighted by molar-refractivity contribution is 6.11. The van der Waals surface area contributed by atoms with E-state index in [2.05, 4.69) is 16.3 Å². The van der Waals surface area contributed by atoms with Crippen molar-refractivity contribution in [3.05, 3.63) is 36.0 Å². The van der Waals surface area contributed by atoms with Gasteiger partial charge in [-0.3, -0.25) is 24.6 Å². The number of hydrogen-bond acceptors (Lipinski definition) is 4. The zero-order chi connectivity index (χ0) is 24.7. The fourth-order valence-corrected chi connectivity index (χ4v) is 6.31. The van der Waals surface area contributed by atoms with Crippen molar-refractivity contribution >= 4 is 34.1 Å². The number of halogens is 1. The molecule has 3 aliphatic carbocycles. The Bertz CT molecular complexity index is 1320. The average molecular weight is 490 g/mol. The van der Waals surface area contributed by atoms with Gasteiger partial charge in [-0.05, 0) is 80.2 Å². The monoisotopic (exact) mass is 489 g/mol. The molecule has 36 heavy (non-hydrogen) atoms. The van der Waals surface area contributed by atoms with Crippen LogP contribution in [0.1, 0.15) is 57.4 Å². The van der Waals surface area contributed by atoms with Crippen molar-refractivity contribution in [1.82, 2.24) is 20.0 Å². The van der Waals surface area contributed by atoms with Gasteiger partial charge >= 0.3 is 0 Å². The van der Waals surface area contributed by atoms with Crippen LogP contribution in [0.25, 0.3) is 16.5 Å². The molecule has 2 amide bonds. The molecule has 1 aromatic carbocycles. The number of carbonyl (C=O) groups excluding carboxylic acids is 2. The number of aliphatic imine (C=N–C) groups is 1. The van der Waals surface area contributed by atoms with E-state index in [1.54, 1.807) is 17.2 Å². The first kappa shape index (κ1) is 22.2. The van der Waals surface area contributed by atoms with Crippen LogP contribution in [0.15, 0.2) is 35.5 Å².